The number of carboxylic acids is 1. The average Bonchev–Trinajstić information content (AvgIpc) is 3.04. The molecule has 0 radical (unpaired) electrons. The van der Waals surface area contributed by atoms with Gasteiger partial charge in [-0.1, -0.05) is 0 Å². The molecule has 0 bridgehead atoms. The molecule has 1 N–H and O–H groups in total. The highest BCUT2D eigenvalue weighted by Crippen LogP contribution is 2.29. The van der Waals surface area contributed by atoms with E-state index in [9.17, 15) is 19.5 Å². The van der Waals surface area contributed by atoms with Gasteiger partial charge in [0, 0.05) is 36.0 Å². The number of nitrogens with one attached hydrogen (secondary N) is 1. The largest absolute Gasteiger partial charge is 0.550 e. The molecule has 3 rings (SSSR count). The standard InChI is InChI=1S/C18H19NO6/c1-10(17(22)19-8-7-16(20)21)24-11-5-6-13-12-3-2-4-14(12)18(23)25-15(13)9-11/h5-6,9-10H,2-4,7-8H2,1H3,(H,19,22)(H,20,21)/p-1/t10-/m1/s1. The van der Waals surface area contributed by atoms with Crippen LogP contribution in [0.15, 0.2) is 27.4 Å². The summed E-state index contributed by atoms with van der Waals surface area (Å²) in [7, 11) is 0. The van der Waals surface area contributed by atoms with E-state index >= 15 is 0 Å². The Labute approximate surface area is 143 Å². The van der Waals surface area contributed by atoms with Crippen LogP contribution in [0.25, 0.3) is 11.0 Å². The molecule has 1 heterocycles. The SMILES string of the molecule is C[C@@H](Oc1ccc2c3c(c(=O)oc2c1)CCC3)C(=O)NCCC(=O)[O-]. The monoisotopic (exact) mass is 344 g/mol. The van der Waals surface area contributed by atoms with Crippen molar-refractivity contribution in [3.8, 4) is 5.75 Å². The van der Waals surface area contributed by atoms with E-state index < -0.39 is 18.0 Å². The van der Waals surface area contributed by atoms with Gasteiger partial charge >= 0.3 is 5.63 Å². The van der Waals surface area contributed by atoms with E-state index in [1.54, 1.807) is 19.1 Å². The van der Waals surface area contributed by atoms with Crippen molar-refractivity contribution in [3.63, 3.8) is 0 Å². The van der Waals surface area contributed by atoms with Crippen LogP contribution >= 0.6 is 0 Å². The number of amides is 1. The molecule has 0 saturated heterocycles. The van der Waals surface area contributed by atoms with E-state index in [0.717, 1.165) is 35.8 Å². The summed E-state index contributed by atoms with van der Waals surface area (Å²) in [4.78, 5) is 34.2. The van der Waals surface area contributed by atoms with Crippen molar-refractivity contribution in [2.75, 3.05) is 6.54 Å². The normalized spacial score (nSPS) is 14.1. The fourth-order valence-electron chi connectivity index (χ4n) is 3.03. The number of aryl methyl sites for hydroxylation is 1. The molecule has 7 heteroatoms. The third-order valence-corrected chi connectivity index (χ3v) is 4.26. The number of hydrogen-bond donors (Lipinski definition) is 1. The van der Waals surface area contributed by atoms with E-state index in [1.165, 1.54) is 0 Å². The molecule has 1 aliphatic carbocycles. The third kappa shape index (κ3) is 3.65. The van der Waals surface area contributed by atoms with Crippen LogP contribution in [0.5, 0.6) is 5.75 Å². The fourth-order valence-corrected chi connectivity index (χ4v) is 3.03. The second-order valence-corrected chi connectivity index (χ2v) is 6.03. The number of aliphatic carboxylic acids is 1. The second kappa shape index (κ2) is 6.96. The van der Waals surface area contributed by atoms with E-state index in [0.29, 0.717) is 11.3 Å². The van der Waals surface area contributed by atoms with Gasteiger partial charge in [0.25, 0.3) is 5.91 Å². The molecule has 1 aliphatic rings. The van der Waals surface area contributed by atoms with Crippen LogP contribution in [-0.4, -0.2) is 24.5 Å². The molecule has 132 valence electrons. The van der Waals surface area contributed by atoms with Crippen LogP contribution in [-0.2, 0) is 22.4 Å². The van der Waals surface area contributed by atoms with Gasteiger partial charge in [0.2, 0.25) is 0 Å². The first-order chi connectivity index (χ1) is 12.0. The lowest BCUT2D eigenvalue weighted by molar-refractivity contribution is -0.305. The highest BCUT2D eigenvalue weighted by atomic mass is 16.5. The van der Waals surface area contributed by atoms with Crippen LogP contribution < -0.4 is 20.8 Å². The van der Waals surface area contributed by atoms with Crippen molar-refractivity contribution < 1.29 is 23.8 Å². The lowest BCUT2D eigenvalue weighted by atomic mass is 10.1. The Morgan fingerprint density at radius 1 is 1.32 bits per heavy atom. The van der Waals surface area contributed by atoms with Crippen LogP contribution in [0, 0.1) is 0 Å². The van der Waals surface area contributed by atoms with Crippen LogP contribution in [0.4, 0.5) is 0 Å². The lowest BCUT2D eigenvalue weighted by Crippen LogP contribution is -2.38. The highest BCUT2D eigenvalue weighted by molar-refractivity contribution is 5.84. The maximum absolute atomic E-state index is 12.0. The number of carbonyl (C=O) groups excluding carboxylic acids is 2. The number of carbonyl (C=O) groups is 2. The zero-order chi connectivity index (χ0) is 18.0. The van der Waals surface area contributed by atoms with Crippen LogP contribution in [0.3, 0.4) is 0 Å². The molecule has 1 atom stereocenters. The van der Waals surface area contributed by atoms with Crippen molar-refractivity contribution in [2.24, 2.45) is 0 Å². The molecule has 2 aromatic rings. The van der Waals surface area contributed by atoms with Gasteiger partial charge in [0.1, 0.15) is 11.3 Å². The zero-order valence-electron chi connectivity index (χ0n) is 13.8. The Hall–Kier alpha value is -2.83. The number of hydrogen-bond acceptors (Lipinski definition) is 6. The number of rotatable bonds is 6. The fraction of sp³-hybridized carbons (Fsp3) is 0.389. The minimum Gasteiger partial charge on any atom is -0.550 e. The second-order valence-electron chi connectivity index (χ2n) is 6.03. The van der Waals surface area contributed by atoms with Gasteiger partial charge in [0.05, 0.1) is 0 Å². The van der Waals surface area contributed by atoms with Crippen molar-refractivity contribution in [1.82, 2.24) is 5.32 Å². The topological polar surface area (TPSA) is 109 Å². The Kier molecular flexibility index (Phi) is 4.74. The smallest absolute Gasteiger partial charge is 0.339 e. The van der Waals surface area contributed by atoms with Crippen LogP contribution in [0.2, 0.25) is 0 Å². The van der Waals surface area contributed by atoms with Crippen molar-refractivity contribution in [3.05, 3.63) is 39.7 Å². The van der Waals surface area contributed by atoms with Crippen molar-refractivity contribution >= 4 is 22.8 Å². The summed E-state index contributed by atoms with van der Waals surface area (Å²) >= 11 is 0. The number of ether oxygens (including phenoxy) is 1. The minimum absolute atomic E-state index is 0.0202. The molecule has 1 aromatic heterocycles. The van der Waals surface area contributed by atoms with Crippen molar-refractivity contribution in [1.29, 1.82) is 0 Å². The zero-order valence-corrected chi connectivity index (χ0v) is 13.8. The van der Waals surface area contributed by atoms with Gasteiger partial charge in [-0.15, -0.1) is 0 Å². The summed E-state index contributed by atoms with van der Waals surface area (Å²) in [6, 6.07) is 5.16. The first-order valence-electron chi connectivity index (χ1n) is 8.18. The summed E-state index contributed by atoms with van der Waals surface area (Å²) in [5.74, 6) is -1.26. The average molecular weight is 344 g/mol. The summed E-state index contributed by atoms with van der Waals surface area (Å²) in [6.45, 7) is 1.53. The summed E-state index contributed by atoms with van der Waals surface area (Å²) < 4.78 is 10.9. The molecule has 1 aromatic carbocycles. The van der Waals surface area contributed by atoms with Crippen molar-refractivity contribution in [2.45, 2.75) is 38.7 Å². The predicted molar refractivity (Wildman–Crippen MR) is 87.2 cm³/mol. The summed E-state index contributed by atoms with van der Waals surface area (Å²) in [5.41, 5.74) is 1.91. The molecule has 1 amide bonds. The Morgan fingerprint density at radius 2 is 2.08 bits per heavy atom. The van der Waals surface area contributed by atoms with E-state index in [4.69, 9.17) is 9.15 Å². The first kappa shape index (κ1) is 17.0. The van der Waals surface area contributed by atoms with Gasteiger partial charge in [0.15, 0.2) is 6.10 Å². The van der Waals surface area contributed by atoms with E-state index in [2.05, 4.69) is 5.32 Å². The molecule has 0 spiro atoms. The molecule has 25 heavy (non-hydrogen) atoms. The molecule has 7 nitrogen and oxygen atoms in total. The number of fused-ring (bicyclic) bond motifs is 3. The van der Waals surface area contributed by atoms with Gasteiger partial charge in [-0.05, 0) is 43.9 Å². The van der Waals surface area contributed by atoms with Gasteiger partial charge in [-0.2, -0.15) is 0 Å². The minimum atomic E-state index is -1.23. The Balaban J connectivity index is 1.74. The predicted octanol–water partition coefficient (Wildman–Crippen LogP) is 0.305. The van der Waals surface area contributed by atoms with Gasteiger partial charge in [-0.3, -0.25) is 4.79 Å². The maximum atomic E-state index is 12.0. The van der Waals surface area contributed by atoms with Gasteiger partial charge in [-0.25, -0.2) is 4.79 Å². The molecular weight excluding hydrogens is 326 g/mol. The molecule has 0 aliphatic heterocycles. The Bertz CT molecular complexity index is 885. The third-order valence-electron chi connectivity index (χ3n) is 4.26. The molecule has 0 saturated carbocycles. The van der Waals surface area contributed by atoms with Gasteiger partial charge < -0.3 is 24.4 Å². The number of benzene rings is 1. The van der Waals surface area contributed by atoms with E-state index in [1.807, 2.05) is 6.07 Å². The highest BCUT2D eigenvalue weighted by Gasteiger charge is 2.20. The molecule has 0 unspecified atom stereocenters. The van der Waals surface area contributed by atoms with Crippen LogP contribution in [0.1, 0.15) is 30.9 Å². The van der Waals surface area contributed by atoms with E-state index in [-0.39, 0.29) is 18.6 Å². The molecule has 0 fully saturated rings. The Morgan fingerprint density at radius 3 is 2.84 bits per heavy atom. The summed E-state index contributed by atoms with van der Waals surface area (Å²) in [6.07, 6.45) is 1.47. The maximum Gasteiger partial charge on any atom is 0.339 e. The summed E-state index contributed by atoms with van der Waals surface area (Å²) in [5, 5.41) is 13.7. The lowest BCUT2D eigenvalue weighted by Gasteiger charge is -2.15. The number of carboxylic acid groups (broad SMARTS) is 1. The quantitative estimate of drug-likeness (QED) is 0.755. The molecular formula is C18H18NO6-. The first-order valence-corrected chi connectivity index (χ1v) is 8.18.